The van der Waals surface area contributed by atoms with E-state index in [1.54, 1.807) is 12.1 Å². The summed E-state index contributed by atoms with van der Waals surface area (Å²) in [6.45, 7) is 3.16. The Labute approximate surface area is 121 Å². The van der Waals surface area contributed by atoms with Gasteiger partial charge in [0.1, 0.15) is 0 Å². The van der Waals surface area contributed by atoms with Crippen molar-refractivity contribution in [1.82, 2.24) is 4.72 Å². The van der Waals surface area contributed by atoms with Gasteiger partial charge in [-0.25, -0.2) is 13.1 Å². The number of rotatable bonds is 4. The number of benzene rings is 1. The molecule has 0 amide bonds. The second-order valence-corrected chi connectivity index (χ2v) is 7.26. The zero-order valence-electron chi connectivity index (χ0n) is 10.6. The minimum Gasteiger partial charge on any atom is -0.399 e. The Morgan fingerprint density at radius 2 is 2.26 bits per heavy atom. The fourth-order valence-corrected chi connectivity index (χ4v) is 4.49. The summed E-state index contributed by atoms with van der Waals surface area (Å²) >= 11 is 3.23. The Hall–Kier alpha value is -0.630. The minimum absolute atomic E-state index is 0.156. The Bertz CT molecular complexity index is 556. The number of sulfonamides is 1. The van der Waals surface area contributed by atoms with Crippen LogP contribution in [0, 0.1) is 5.92 Å². The van der Waals surface area contributed by atoms with Crippen LogP contribution in [0.15, 0.2) is 27.6 Å². The molecule has 0 bridgehead atoms. The molecule has 19 heavy (non-hydrogen) atoms. The predicted octanol–water partition coefficient (Wildman–Crippen LogP) is 1.73. The highest BCUT2D eigenvalue weighted by molar-refractivity contribution is 9.10. The third-order valence-corrected chi connectivity index (χ3v) is 5.79. The number of nitrogens with one attached hydrogen (secondary N) is 1. The number of halogens is 1. The van der Waals surface area contributed by atoms with Crippen LogP contribution in [0.2, 0.25) is 0 Å². The summed E-state index contributed by atoms with van der Waals surface area (Å²) in [5.41, 5.74) is 6.13. The van der Waals surface area contributed by atoms with Crippen LogP contribution in [-0.4, -0.2) is 27.7 Å². The van der Waals surface area contributed by atoms with Gasteiger partial charge in [-0.1, -0.05) is 0 Å². The molecule has 0 aliphatic carbocycles. The summed E-state index contributed by atoms with van der Waals surface area (Å²) in [6.07, 6.45) is 0.882. The molecule has 106 valence electrons. The number of nitrogens with two attached hydrogens (primary N) is 1. The maximum absolute atomic E-state index is 12.3. The molecule has 0 aromatic heterocycles. The molecule has 5 nitrogen and oxygen atoms in total. The third-order valence-electron chi connectivity index (χ3n) is 3.26. The highest BCUT2D eigenvalue weighted by atomic mass is 79.9. The van der Waals surface area contributed by atoms with Gasteiger partial charge in [-0.3, -0.25) is 0 Å². The molecular weight excluding hydrogens is 332 g/mol. The van der Waals surface area contributed by atoms with Crippen LogP contribution >= 0.6 is 15.9 Å². The first-order valence-electron chi connectivity index (χ1n) is 6.05. The highest BCUT2D eigenvalue weighted by Crippen LogP contribution is 2.25. The molecule has 2 rings (SSSR count). The quantitative estimate of drug-likeness (QED) is 0.812. The summed E-state index contributed by atoms with van der Waals surface area (Å²) < 4.78 is 33.1. The molecule has 1 aromatic rings. The van der Waals surface area contributed by atoms with Crippen molar-refractivity contribution in [3.63, 3.8) is 0 Å². The molecule has 2 unspecified atom stereocenters. The molecule has 0 spiro atoms. The molecule has 0 radical (unpaired) electrons. The minimum atomic E-state index is -3.55. The van der Waals surface area contributed by atoms with Gasteiger partial charge in [0.05, 0.1) is 11.5 Å². The molecule has 1 aromatic carbocycles. The fourth-order valence-electron chi connectivity index (χ4n) is 2.09. The lowest BCUT2D eigenvalue weighted by Gasteiger charge is -2.19. The summed E-state index contributed by atoms with van der Waals surface area (Å²) in [5, 5.41) is 0. The third kappa shape index (κ3) is 3.47. The molecular formula is C12H17BrN2O3S. The van der Waals surface area contributed by atoms with Gasteiger partial charge in [-0.05, 0) is 47.5 Å². The number of nitrogen functional groups attached to an aromatic ring is 1. The normalized spacial score (nSPS) is 21.5. The first-order valence-corrected chi connectivity index (χ1v) is 8.33. The van der Waals surface area contributed by atoms with Gasteiger partial charge >= 0.3 is 0 Å². The van der Waals surface area contributed by atoms with Crippen molar-refractivity contribution in [2.45, 2.75) is 24.3 Å². The van der Waals surface area contributed by atoms with Crippen LogP contribution in [0.4, 0.5) is 5.69 Å². The highest BCUT2D eigenvalue weighted by Gasteiger charge is 2.27. The summed E-state index contributed by atoms with van der Waals surface area (Å²) in [4.78, 5) is 0.201. The lowest BCUT2D eigenvalue weighted by molar-refractivity contribution is 0.180. The largest absolute Gasteiger partial charge is 0.399 e. The number of hydrogen-bond acceptors (Lipinski definition) is 4. The summed E-state index contributed by atoms with van der Waals surface area (Å²) in [5.74, 6) is 0.224. The summed E-state index contributed by atoms with van der Waals surface area (Å²) in [6, 6.07) is 4.50. The van der Waals surface area contributed by atoms with E-state index in [0.29, 0.717) is 23.4 Å². The molecule has 1 aliphatic heterocycles. The van der Waals surface area contributed by atoms with Crippen LogP contribution in [0.25, 0.3) is 0 Å². The first-order chi connectivity index (χ1) is 8.90. The van der Waals surface area contributed by atoms with Crippen molar-refractivity contribution in [1.29, 1.82) is 0 Å². The monoisotopic (exact) mass is 348 g/mol. The second-order valence-electron chi connectivity index (χ2n) is 4.72. The maximum Gasteiger partial charge on any atom is 0.241 e. The standard InChI is InChI=1S/C12H17BrN2O3S/c1-8(9-4-5-18-7-9)15-19(16,17)12-3-2-10(14)6-11(12)13/h2-3,6,8-9,15H,4-5,7,14H2,1H3. The topological polar surface area (TPSA) is 81.4 Å². The van der Waals surface area contributed by atoms with E-state index in [9.17, 15) is 8.42 Å². The van der Waals surface area contributed by atoms with Crippen molar-refractivity contribution in [3.8, 4) is 0 Å². The lowest BCUT2D eigenvalue weighted by Crippen LogP contribution is -2.38. The van der Waals surface area contributed by atoms with Crippen LogP contribution in [0.1, 0.15) is 13.3 Å². The molecule has 1 aliphatic rings. The van der Waals surface area contributed by atoms with Gasteiger partial charge < -0.3 is 10.5 Å². The zero-order valence-corrected chi connectivity index (χ0v) is 13.0. The van der Waals surface area contributed by atoms with E-state index < -0.39 is 10.0 Å². The van der Waals surface area contributed by atoms with Crippen molar-refractivity contribution >= 4 is 31.6 Å². The van der Waals surface area contributed by atoms with Crippen molar-refractivity contribution in [3.05, 3.63) is 22.7 Å². The molecule has 1 heterocycles. The molecule has 7 heteroatoms. The van der Waals surface area contributed by atoms with Gasteiger partial charge in [0.2, 0.25) is 10.0 Å². The van der Waals surface area contributed by atoms with Crippen molar-refractivity contribution < 1.29 is 13.2 Å². The lowest BCUT2D eigenvalue weighted by atomic mass is 10.0. The van der Waals surface area contributed by atoms with E-state index in [-0.39, 0.29) is 16.9 Å². The van der Waals surface area contributed by atoms with E-state index in [0.717, 1.165) is 6.42 Å². The second kappa shape index (κ2) is 5.78. The van der Waals surface area contributed by atoms with Crippen LogP contribution < -0.4 is 10.5 Å². The van der Waals surface area contributed by atoms with Gasteiger partial charge in [-0.2, -0.15) is 0 Å². The average molecular weight is 349 g/mol. The van der Waals surface area contributed by atoms with Crippen molar-refractivity contribution in [2.75, 3.05) is 18.9 Å². The number of anilines is 1. The average Bonchev–Trinajstić information content (AvgIpc) is 2.80. The molecule has 2 atom stereocenters. The van der Waals surface area contributed by atoms with Gasteiger partial charge in [-0.15, -0.1) is 0 Å². The van der Waals surface area contributed by atoms with Gasteiger partial charge in [0.25, 0.3) is 0 Å². The maximum atomic E-state index is 12.3. The van der Waals surface area contributed by atoms with E-state index in [4.69, 9.17) is 10.5 Å². The first kappa shape index (κ1) is 14.8. The Morgan fingerprint density at radius 3 is 2.84 bits per heavy atom. The Kier molecular flexibility index (Phi) is 4.50. The van der Waals surface area contributed by atoms with Gasteiger partial charge in [0, 0.05) is 28.7 Å². The van der Waals surface area contributed by atoms with Crippen LogP contribution in [-0.2, 0) is 14.8 Å². The van der Waals surface area contributed by atoms with Crippen molar-refractivity contribution in [2.24, 2.45) is 5.92 Å². The van der Waals surface area contributed by atoms with E-state index in [1.165, 1.54) is 6.07 Å². The smallest absolute Gasteiger partial charge is 0.241 e. The number of hydrogen-bond donors (Lipinski definition) is 2. The SMILES string of the molecule is CC(NS(=O)(=O)c1ccc(N)cc1Br)C1CCOC1. The number of ether oxygens (including phenoxy) is 1. The molecule has 1 saturated heterocycles. The Morgan fingerprint density at radius 1 is 1.53 bits per heavy atom. The van der Waals surface area contributed by atoms with Gasteiger partial charge in [0.15, 0.2) is 0 Å². The van der Waals surface area contributed by atoms with Crippen LogP contribution in [0.3, 0.4) is 0 Å². The van der Waals surface area contributed by atoms with E-state index in [2.05, 4.69) is 20.7 Å². The molecule has 0 saturated carbocycles. The zero-order chi connectivity index (χ0) is 14.0. The van der Waals surface area contributed by atoms with Crippen LogP contribution in [0.5, 0.6) is 0 Å². The summed E-state index contributed by atoms with van der Waals surface area (Å²) in [7, 11) is -3.55. The molecule has 1 fully saturated rings. The predicted molar refractivity (Wildman–Crippen MR) is 77.3 cm³/mol. The Balaban J connectivity index is 2.17. The fraction of sp³-hybridized carbons (Fsp3) is 0.500. The molecule has 3 N–H and O–H groups in total. The van der Waals surface area contributed by atoms with E-state index in [1.807, 2.05) is 6.92 Å². The van der Waals surface area contributed by atoms with E-state index >= 15 is 0 Å².